The normalized spacial score (nSPS) is 29.3. The predicted molar refractivity (Wildman–Crippen MR) is 59.6 cm³/mol. The minimum atomic E-state index is 0.425. The van der Waals surface area contributed by atoms with Crippen LogP contribution in [0.2, 0.25) is 0 Å². The van der Waals surface area contributed by atoms with Crippen molar-refractivity contribution in [2.24, 2.45) is 5.92 Å². The lowest BCUT2D eigenvalue weighted by Crippen LogP contribution is -2.25. The van der Waals surface area contributed by atoms with Crippen LogP contribution in [0.4, 0.5) is 0 Å². The largest absolute Gasteiger partial charge is 0.378 e. The van der Waals surface area contributed by atoms with E-state index in [1.54, 1.807) is 11.3 Å². The van der Waals surface area contributed by atoms with E-state index in [-0.39, 0.29) is 0 Å². The van der Waals surface area contributed by atoms with E-state index < -0.39 is 0 Å². The highest BCUT2D eigenvalue weighted by Crippen LogP contribution is 2.32. The minimum Gasteiger partial charge on any atom is -0.378 e. The molecule has 1 aliphatic heterocycles. The lowest BCUT2D eigenvalue weighted by atomic mass is 9.93. The Bertz CT molecular complexity index is 273. The lowest BCUT2D eigenvalue weighted by molar-refractivity contribution is 0.117. The first kappa shape index (κ1) is 10.1. The summed E-state index contributed by atoms with van der Waals surface area (Å²) in [5.74, 6) is 0.629. The highest BCUT2D eigenvalue weighted by molar-refractivity contribution is 7.07. The Morgan fingerprint density at radius 2 is 2.50 bits per heavy atom. The highest BCUT2D eigenvalue weighted by Gasteiger charge is 2.29. The standard InChI is InChI=1S/C11H17NOS/c1-8-5-10(6-13-8)11(12-2)9-3-4-14-7-9/h3-4,7-8,10-12H,5-6H2,1-2H3. The number of hydrogen-bond acceptors (Lipinski definition) is 3. The van der Waals surface area contributed by atoms with Gasteiger partial charge in [-0.05, 0) is 42.8 Å². The Morgan fingerprint density at radius 1 is 1.64 bits per heavy atom. The number of hydrogen-bond donors (Lipinski definition) is 1. The van der Waals surface area contributed by atoms with Gasteiger partial charge in [0, 0.05) is 12.0 Å². The summed E-state index contributed by atoms with van der Waals surface area (Å²) in [6, 6.07) is 2.67. The second kappa shape index (κ2) is 4.43. The van der Waals surface area contributed by atoms with Crippen LogP contribution >= 0.6 is 11.3 Å². The SMILES string of the molecule is CNC(c1ccsc1)C1COC(C)C1. The molecule has 3 atom stereocenters. The molecule has 78 valence electrons. The Kier molecular flexibility index (Phi) is 3.21. The maximum atomic E-state index is 5.61. The van der Waals surface area contributed by atoms with Crippen LogP contribution in [-0.4, -0.2) is 19.8 Å². The number of thiophene rings is 1. The molecule has 0 saturated carbocycles. The van der Waals surface area contributed by atoms with Gasteiger partial charge in [-0.1, -0.05) is 0 Å². The summed E-state index contributed by atoms with van der Waals surface area (Å²) in [4.78, 5) is 0. The molecule has 3 unspecified atom stereocenters. The molecule has 1 fully saturated rings. The zero-order valence-corrected chi connectivity index (χ0v) is 9.51. The van der Waals surface area contributed by atoms with Gasteiger partial charge in [-0.3, -0.25) is 0 Å². The molecule has 1 aliphatic rings. The summed E-state index contributed by atoms with van der Waals surface area (Å²) >= 11 is 1.76. The van der Waals surface area contributed by atoms with Crippen molar-refractivity contribution in [1.82, 2.24) is 5.32 Å². The molecule has 3 heteroatoms. The van der Waals surface area contributed by atoms with Crippen LogP contribution in [0.15, 0.2) is 16.8 Å². The van der Waals surface area contributed by atoms with Crippen molar-refractivity contribution in [2.45, 2.75) is 25.5 Å². The second-order valence-electron chi connectivity index (χ2n) is 3.96. The van der Waals surface area contributed by atoms with Gasteiger partial charge in [0.25, 0.3) is 0 Å². The van der Waals surface area contributed by atoms with E-state index in [1.165, 1.54) is 12.0 Å². The van der Waals surface area contributed by atoms with Gasteiger partial charge in [0.2, 0.25) is 0 Å². The first-order valence-electron chi connectivity index (χ1n) is 5.12. The minimum absolute atomic E-state index is 0.425. The quantitative estimate of drug-likeness (QED) is 0.829. The van der Waals surface area contributed by atoms with E-state index in [1.807, 2.05) is 7.05 Å². The molecule has 1 N–H and O–H groups in total. The second-order valence-corrected chi connectivity index (χ2v) is 4.74. The van der Waals surface area contributed by atoms with Crippen molar-refractivity contribution < 1.29 is 4.74 Å². The van der Waals surface area contributed by atoms with E-state index in [2.05, 4.69) is 29.1 Å². The summed E-state index contributed by atoms with van der Waals surface area (Å²) in [7, 11) is 2.03. The molecular weight excluding hydrogens is 194 g/mol. The van der Waals surface area contributed by atoms with Crippen LogP contribution in [0.1, 0.15) is 24.9 Å². The Hall–Kier alpha value is -0.380. The van der Waals surface area contributed by atoms with Crippen molar-refractivity contribution >= 4 is 11.3 Å². The third-order valence-electron chi connectivity index (χ3n) is 2.91. The van der Waals surface area contributed by atoms with Crippen molar-refractivity contribution in [2.75, 3.05) is 13.7 Å². The molecule has 1 aromatic heterocycles. The molecule has 14 heavy (non-hydrogen) atoms. The first-order chi connectivity index (χ1) is 6.81. The lowest BCUT2D eigenvalue weighted by Gasteiger charge is -2.20. The van der Waals surface area contributed by atoms with Crippen LogP contribution < -0.4 is 5.32 Å². The maximum absolute atomic E-state index is 5.61. The zero-order chi connectivity index (χ0) is 9.97. The van der Waals surface area contributed by atoms with Gasteiger partial charge in [-0.2, -0.15) is 11.3 Å². The molecule has 0 aromatic carbocycles. The maximum Gasteiger partial charge on any atom is 0.0551 e. The van der Waals surface area contributed by atoms with Crippen LogP contribution in [0, 0.1) is 5.92 Å². The molecule has 0 aliphatic carbocycles. The monoisotopic (exact) mass is 211 g/mol. The average molecular weight is 211 g/mol. The highest BCUT2D eigenvalue weighted by atomic mass is 32.1. The van der Waals surface area contributed by atoms with Crippen molar-refractivity contribution in [1.29, 1.82) is 0 Å². The molecule has 2 nitrogen and oxygen atoms in total. The predicted octanol–water partition coefficient (Wildman–Crippen LogP) is 2.43. The van der Waals surface area contributed by atoms with Gasteiger partial charge in [-0.25, -0.2) is 0 Å². The number of rotatable bonds is 3. The zero-order valence-electron chi connectivity index (χ0n) is 8.69. The fourth-order valence-electron chi connectivity index (χ4n) is 2.21. The Balaban J connectivity index is 2.07. The van der Waals surface area contributed by atoms with Gasteiger partial charge in [0.05, 0.1) is 12.7 Å². The molecular formula is C11H17NOS. The van der Waals surface area contributed by atoms with Gasteiger partial charge in [0.15, 0.2) is 0 Å². The molecule has 0 bridgehead atoms. The average Bonchev–Trinajstić information content (AvgIpc) is 2.79. The first-order valence-corrected chi connectivity index (χ1v) is 6.06. The fraction of sp³-hybridized carbons (Fsp3) is 0.636. The van der Waals surface area contributed by atoms with Crippen molar-refractivity contribution in [3.63, 3.8) is 0 Å². The Labute approximate surface area is 89.3 Å². The number of nitrogens with one attached hydrogen (secondary N) is 1. The topological polar surface area (TPSA) is 21.3 Å². The molecule has 0 radical (unpaired) electrons. The molecule has 1 saturated heterocycles. The van der Waals surface area contributed by atoms with Crippen LogP contribution in [0.25, 0.3) is 0 Å². The van der Waals surface area contributed by atoms with Gasteiger partial charge < -0.3 is 10.1 Å². The van der Waals surface area contributed by atoms with E-state index in [9.17, 15) is 0 Å². The van der Waals surface area contributed by atoms with E-state index >= 15 is 0 Å². The smallest absolute Gasteiger partial charge is 0.0551 e. The van der Waals surface area contributed by atoms with Gasteiger partial charge in [-0.15, -0.1) is 0 Å². The van der Waals surface area contributed by atoms with Crippen molar-refractivity contribution in [3.8, 4) is 0 Å². The number of ether oxygens (including phenoxy) is 1. The molecule has 2 heterocycles. The van der Waals surface area contributed by atoms with Crippen molar-refractivity contribution in [3.05, 3.63) is 22.4 Å². The van der Waals surface area contributed by atoms with Crippen LogP contribution in [-0.2, 0) is 4.74 Å². The van der Waals surface area contributed by atoms with E-state index in [4.69, 9.17) is 4.74 Å². The summed E-state index contributed by atoms with van der Waals surface area (Å²) in [6.45, 7) is 3.04. The van der Waals surface area contributed by atoms with Gasteiger partial charge in [0.1, 0.15) is 0 Å². The summed E-state index contributed by atoms with van der Waals surface area (Å²) < 4.78 is 5.61. The van der Waals surface area contributed by atoms with Crippen LogP contribution in [0.5, 0.6) is 0 Å². The molecule has 1 aromatic rings. The third-order valence-corrected chi connectivity index (χ3v) is 3.62. The molecule has 0 amide bonds. The van der Waals surface area contributed by atoms with E-state index in [0.717, 1.165) is 6.61 Å². The summed E-state index contributed by atoms with van der Waals surface area (Å²) in [5.41, 5.74) is 1.40. The summed E-state index contributed by atoms with van der Waals surface area (Å²) in [6.07, 6.45) is 1.59. The Morgan fingerprint density at radius 3 is 3.00 bits per heavy atom. The van der Waals surface area contributed by atoms with E-state index in [0.29, 0.717) is 18.1 Å². The fourth-order valence-corrected chi connectivity index (χ4v) is 2.91. The van der Waals surface area contributed by atoms with Gasteiger partial charge >= 0.3 is 0 Å². The third kappa shape index (κ3) is 2.00. The molecule has 2 rings (SSSR count). The van der Waals surface area contributed by atoms with Crippen LogP contribution in [0.3, 0.4) is 0 Å². The summed E-state index contributed by atoms with van der Waals surface area (Å²) in [5, 5.41) is 7.76. The molecule has 0 spiro atoms.